The molecule has 3 rings (SSSR count). The second kappa shape index (κ2) is 6.38. The highest BCUT2D eigenvalue weighted by atomic mass is 35.5. The number of sulfone groups is 1. The minimum Gasteiger partial charge on any atom is -0.406 e. The highest BCUT2D eigenvalue weighted by Crippen LogP contribution is 2.32. The SMILES string of the molecule is CNc1oc(N2CCNCC2)nc1S(=O)(=O)c1cccc(Cl)c1. The van der Waals surface area contributed by atoms with E-state index < -0.39 is 9.84 Å². The summed E-state index contributed by atoms with van der Waals surface area (Å²) >= 11 is 5.90. The first-order valence-corrected chi connectivity index (χ1v) is 9.03. The summed E-state index contributed by atoms with van der Waals surface area (Å²) in [4.78, 5) is 6.22. The number of oxazole rings is 1. The fourth-order valence-electron chi connectivity index (χ4n) is 2.37. The van der Waals surface area contributed by atoms with E-state index in [1.54, 1.807) is 19.2 Å². The topological polar surface area (TPSA) is 87.5 Å². The molecule has 2 N–H and O–H groups in total. The molecule has 1 aromatic heterocycles. The summed E-state index contributed by atoms with van der Waals surface area (Å²) < 4.78 is 31.2. The molecular weight excluding hydrogens is 340 g/mol. The quantitative estimate of drug-likeness (QED) is 0.860. The van der Waals surface area contributed by atoms with Gasteiger partial charge in [0.1, 0.15) is 0 Å². The number of rotatable bonds is 4. The van der Waals surface area contributed by atoms with Crippen molar-refractivity contribution in [2.45, 2.75) is 9.92 Å². The minimum atomic E-state index is -3.82. The molecule has 7 nitrogen and oxygen atoms in total. The number of nitrogens with one attached hydrogen (secondary N) is 2. The largest absolute Gasteiger partial charge is 0.406 e. The Hall–Kier alpha value is -1.77. The zero-order valence-electron chi connectivity index (χ0n) is 12.5. The van der Waals surface area contributed by atoms with Crippen LogP contribution in [0.2, 0.25) is 5.02 Å². The maximum absolute atomic E-state index is 12.8. The van der Waals surface area contributed by atoms with Crippen molar-refractivity contribution in [1.82, 2.24) is 10.3 Å². The molecule has 1 aromatic carbocycles. The lowest BCUT2D eigenvalue weighted by Crippen LogP contribution is -2.43. The van der Waals surface area contributed by atoms with Gasteiger partial charge < -0.3 is 20.0 Å². The van der Waals surface area contributed by atoms with Crippen molar-refractivity contribution in [1.29, 1.82) is 0 Å². The van der Waals surface area contributed by atoms with Gasteiger partial charge in [-0.3, -0.25) is 0 Å². The average molecular weight is 357 g/mol. The second-order valence-corrected chi connectivity index (χ2v) is 7.38. The van der Waals surface area contributed by atoms with Crippen LogP contribution in [0.25, 0.3) is 0 Å². The van der Waals surface area contributed by atoms with E-state index in [-0.39, 0.29) is 15.8 Å². The Bertz CT molecular complexity index is 800. The molecule has 0 atom stereocenters. The first-order valence-electron chi connectivity index (χ1n) is 7.17. The van der Waals surface area contributed by atoms with Gasteiger partial charge in [-0.1, -0.05) is 17.7 Å². The van der Waals surface area contributed by atoms with E-state index in [4.69, 9.17) is 16.0 Å². The minimum absolute atomic E-state index is 0.0849. The van der Waals surface area contributed by atoms with E-state index in [9.17, 15) is 8.42 Å². The number of halogens is 1. The van der Waals surface area contributed by atoms with Gasteiger partial charge in [0.2, 0.25) is 20.7 Å². The molecule has 0 radical (unpaired) electrons. The molecule has 1 saturated heterocycles. The van der Waals surface area contributed by atoms with Crippen LogP contribution in [-0.2, 0) is 9.84 Å². The predicted molar refractivity (Wildman–Crippen MR) is 88.0 cm³/mol. The van der Waals surface area contributed by atoms with Crippen molar-refractivity contribution in [3.8, 4) is 0 Å². The number of hydrogen-bond acceptors (Lipinski definition) is 7. The molecule has 23 heavy (non-hydrogen) atoms. The first kappa shape index (κ1) is 16.1. The standard InChI is InChI=1S/C14H17ClN4O3S/c1-16-12-13(18-14(22-12)19-7-5-17-6-8-19)23(20,21)11-4-2-3-10(15)9-11/h2-4,9,16-17H,5-8H2,1H3. The molecule has 1 fully saturated rings. The van der Waals surface area contributed by atoms with Gasteiger partial charge >= 0.3 is 6.01 Å². The summed E-state index contributed by atoms with van der Waals surface area (Å²) in [6.07, 6.45) is 0. The van der Waals surface area contributed by atoms with Crippen LogP contribution in [0.5, 0.6) is 0 Å². The number of aromatic nitrogens is 1. The number of anilines is 2. The molecule has 0 saturated carbocycles. The molecule has 2 heterocycles. The van der Waals surface area contributed by atoms with Crippen molar-refractivity contribution >= 4 is 33.3 Å². The molecule has 124 valence electrons. The van der Waals surface area contributed by atoms with Crippen LogP contribution < -0.4 is 15.5 Å². The van der Waals surface area contributed by atoms with Gasteiger partial charge in [-0.15, -0.1) is 0 Å². The summed E-state index contributed by atoms with van der Waals surface area (Å²) in [6, 6.07) is 6.39. The summed E-state index contributed by atoms with van der Waals surface area (Å²) in [5, 5.41) is 6.21. The number of piperazine rings is 1. The number of nitrogens with zero attached hydrogens (tertiary/aromatic N) is 2. The van der Waals surface area contributed by atoms with E-state index in [1.165, 1.54) is 12.1 Å². The zero-order valence-corrected chi connectivity index (χ0v) is 14.1. The van der Waals surface area contributed by atoms with Crippen LogP contribution in [-0.4, -0.2) is 46.6 Å². The van der Waals surface area contributed by atoms with Crippen LogP contribution >= 0.6 is 11.6 Å². The van der Waals surface area contributed by atoms with Gasteiger partial charge in [0.25, 0.3) is 0 Å². The first-order chi connectivity index (χ1) is 11.0. The predicted octanol–water partition coefficient (Wildman–Crippen LogP) is 1.61. The lowest BCUT2D eigenvalue weighted by Gasteiger charge is -2.25. The molecule has 2 aromatic rings. The van der Waals surface area contributed by atoms with Gasteiger partial charge in [-0.05, 0) is 18.2 Å². The van der Waals surface area contributed by atoms with Crippen LogP contribution in [0, 0.1) is 0 Å². The van der Waals surface area contributed by atoms with E-state index in [0.29, 0.717) is 24.1 Å². The number of benzene rings is 1. The lowest BCUT2D eigenvalue weighted by molar-refractivity contribution is 0.506. The Morgan fingerprint density at radius 1 is 1.35 bits per heavy atom. The maximum Gasteiger partial charge on any atom is 0.300 e. The van der Waals surface area contributed by atoms with Crippen LogP contribution in [0.1, 0.15) is 0 Å². The Balaban J connectivity index is 2.02. The smallest absolute Gasteiger partial charge is 0.300 e. The molecule has 0 aliphatic carbocycles. The fourth-order valence-corrected chi connectivity index (χ4v) is 3.98. The monoisotopic (exact) mass is 356 g/mol. The van der Waals surface area contributed by atoms with Crippen LogP contribution in [0.15, 0.2) is 38.6 Å². The van der Waals surface area contributed by atoms with Crippen molar-refractivity contribution in [2.24, 2.45) is 0 Å². The van der Waals surface area contributed by atoms with Gasteiger partial charge in [0.05, 0.1) is 4.90 Å². The van der Waals surface area contributed by atoms with Gasteiger partial charge in [-0.2, -0.15) is 4.98 Å². The molecule has 0 unspecified atom stereocenters. The molecule has 1 aliphatic heterocycles. The van der Waals surface area contributed by atoms with E-state index in [1.807, 2.05) is 4.90 Å². The number of hydrogen-bond donors (Lipinski definition) is 2. The summed E-state index contributed by atoms with van der Waals surface area (Å²) in [5.41, 5.74) is 0. The molecule has 9 heteroatoms. The summed E-state index contributed by atoms with van der Waals surface area (Å²) in [7, 11) is -2.22. The Morgan fingerprint density at radius 3 is 2.74 bits per heavy atom. The third-order valence-corrected chi connectivity index (χ3v) is 5.46. The molecule has 1 aliphatic rings. The van der Waals surface area contributed by atoms with E-state index in [0.717, 1.165) is 13.1 Å². The fraction of sp³-hybridized carbons (Fsp3) is 0.357. The Labute approximate surface area is 139 Å². The normalized spacial score (nSPS) is 15.7. The third kappa shape index (κ3) is 3.15. The van der Waals surface area contributed by atoms with Crippen molar-refractivity contribution in [3.63, 3.8) is 0 Å². The van der Waals surface area contributed by atoms with Crippen LogP contribution in [0.4, 0.5) is 11.9 Å². The van der Waals surface area contributed by atoms with E-state index >= 15 is 0 Å². The second-order valence-electron chi connectivity index (χ2n) is 5.08. The summed E-state index contributed by atoms with van der Waals surface area (Å²) in [6.45, 7) is 3.02. The third-order valence-electron chi connectivity index (χ3n) is 3.56. The highest BCUT2D eigenvalue weighted by molar-refractivity contribution is 7.91. The lowest BCUT2D eigenvalue weighted by atomic mass is 10.4. The van der Waals surface area contributed by atoms with E-state index in [2.05, 4.69) is 15.6 Å². The Morgan fingerprint density at radius 2 is 2.09 bits per heavy atom. The molecule has 0 amide bonds. The molecular formula is C14H17ClN4O3S. The van der Waals surface area contributed by atoms with Crippen LogP contribution in [0.3, 0.4) is 0 Å². The van der Waals surface area contributed by atoms with Crippen molar-refractivity contribution in [2.75, 3.05) is 43.4 Å². The summed E-state index contributed by atoms with van der Waals surface area (Å²) in [5.74, 6) is 0.124. The maximum atomic E-state index is 12.8. The zero-order chi connectivity index (χ0) is 16.4. The molecule has 0 spiro atoms. The van der Waals surface area contributed by atoms with Crippen molar-refractivity contribution in [3.05, 3.63) is 29.3 Å². The van der Waals surface area contributed by atoms with Crippen molar-refractivity contribution < 1.29 is 12.8 Å². The molecule has 0 bridgehead atoms. The van der Waals surface area contributed by atoms with Gasteiger partial charge in [0, 0.05) is 38.2 Å². The highest BCUT2D eigenvalue weighted by Gasteiger charge is 2.29. The Kier molecular flexibility index (Phi) is 4.47. The van der Waals surface area contributed by atoms with Gasteiger partial charge in [-0.25, -0.2) is 8.42 Å². The average Bonchev–Trinajstić information content (AvgIpc) is 3.01. The van der Waals surface area contributed by atoms with Gasteiger partial charge in [0.15, 0.2) is 0 Å².